The molecule has 1 aromatic heterocycles. The molecule has 0 bridgehead atoms. The van der Waals surface area contributed by atoms with Gasteiger partial charge in [0.1, 0.15) is 0 Å². The highest BCUT2D eigenvalue weighted by Gasteiger charge is 2.12. The fraction of sp³-hybridized carbons (Fsp3) is 0.308. The molecule has 0 saturated carbocycles. The largest absolute Gasteiger partial charge is 0.392 e. The quantitative estimate of drug-likeness (QED) is 0.886. The van der Waals surface area contributed by atoms with Gasteiger partial charge in [0, 0.05) is 5.56 Å². The van der Waals surface area contributed by atoms with E-state index in [0.717, 1.165) is 11.1 Å². The average Bonchev–Trinajstić information content (AvgIpc) is 2.78. The molecule has 1 aromatic carbocycles. The second-order valence-corrected chi connectivity index (χ2v) is 4.10. The summed E-state index contributed by atoms with van der Waals surface area (Å²) in [5.74, 6) is 0.836. The van der Waals surface area contributed by atoms with Gasteiger partial charge in [0.15, 0.2) is 0 Å². The first-order chi connectivity index (χ1) is 8.69. The molecule has 0 aliphatic rings. The van der Waals surface area contributed by atoms with Gasteiger partial charge in [-0.25, -0.2) is 0 Å². The van der Waals surface area contributed by atoms with Crippen LogP contribution in [0.4, 0.5) is 0 Å². The van der Waals surface area contributed by atoms with Crippen LogP contribution in [-0.2, 0) is 6.42 Å². The highest BCUT2D eigenvalue weighted by Crippen LogP contribution is 2.17. The predicted molar refractivity (Wildman–Crippen MR) is 64.4 cm³/mol. The Kier molecular flexibility index (Phi) is 3.70. The van der Waals surface area contributed by atoms with E-state index in [1.807, 2.05) is 37.3 Å². The number of aliphatic hydroxyl groups is 1. The zero-order chi connectivity index (χ0) is 13.0. The third-order valence-corrected chi connectivity index (χ3v) is 2.52. The van der Waals surface area contributed by atoms with Crippen molar-refractivity contribution in [2.75, 3.05) is 0 Å². The fourth-order valence-corrected chi connectivity index (χ4v) is 1.54. The molecular weight excluding hydrogens is 230 g/mol. The molecule has 2 rings (SSSR count). The average molecular weight is 243 g/mol. The van der Waals surface area contributed by atoms with Crippen molar-refractivity contribution in [2.24, 2.45) is 0 Å². The van der Waals surface area contributed by atoms with Crippen molar-refractivity contribution in [3.63, 3.8) is 0 Å². The van der Waals surface area contributed by atoms with Crippen LogP contribution in [0, 0.1) is 18.3 Å². The Labute approximate surface area is 105 Å². The maximum Gasteiger partial charge on any atom is 0.229 e. The van der Waals surface area contributed by atoms with Crippen molar-refractivity contribution >= 4 is 0 Å². The Bertz CT molecular complexity index is 554. The predicted octanol–water partition coefficient (Wildman–Crippen LogP) is 1.86. The lowest BCUT2D eigenvalue weighted by molar-refractivity contribution is 0.167. The minimum atomic E-state index is -0.763. The first-order valence-electron chi connectivity index (χ1n) is 5.63. The number of rotatable bonds is 4. The summed E-state index contributed by atoms with van der Waals surface area (Å²) in [5.41, 5.74) is 2.03. The van der Waals surface area contributed by atoms with Crippen LogP contribution in [0.25, 0.3) is 11.4 Å². The lowest BCUT2D eigenvalue weighted by Gasteiger charge is -1.99. The van der Waals surface area contributed by atoms with Gasteiger partial charge >= 0.3 is 0 Å². The standard InChI is InChI=1S/C13H13N3O2/c1-9-2-4-10(5-3-9)13-15-12(18-16-13)8-11(17)6-7-14/h2-5,11,17H,6,8H2,1H3. The molecule has 0 amide bonds. The Morgan fingerprint density at radius 1 is 1.39 bits per heavy atom. The van der Waals surface area contributed by atoms with Gasteiger partial charge in [0.25, 0.3) is 0 Å². The minimum absolute atomic E-state index is 0.0578. The van der Waals surface area contributed by atoms with Gasteiger partial charge < -0.3 is 9.63 Å². The van der Waals surface area contributed by atoms with E-state index in [2.05, 4.69) is 10.1 Å². The molecule has 18 heavy (non-hydrogen) atoms. The molecule has 5 heteroatoms. The second-order valence-electron chi connectivity index (χ2n) is 4.10. The van der Waals surface area contributed by atoms with Gasteiger partial charge in [-0.3, -0.25) is 0 Å². The summed E-state index contributed by atoms with van der Waals surface area (Å²) in [7, 11) is 0. The third-order valence-electron chi connectivity index (χ3n) is 2.52. The van der Waals surface area contributed by atoms with Crippen molar-refractivity contribution in [2.45, 2.75) is 25.9 Å². The smallest absolute Gasteiger partial charge is 0.229 e. The Hall–Kier alpha value is -2.19. The number of aryl methyl sites for hydroxylation is 1. The highest BCUT2D eigenvalue weighted by atomic mass is 16.5. The van der Waals surface area contributed by atoms with Gasteiger partial charge in [-0.1, -0.05) is 35.0 Å². The van der Waals surface area contributed by atoms with E-state index in [1.54, 1.807) is 0 Å². The number of nitriles is 1. The molecule has 1 unspecified atom stereocenters. The van der Waals surface area contributed by atoms with Crippen LogP contribution < -0.4 is 0 Å². The molecule has 2 aromatic rings. The molecule has 0 aliphatic heterocycles. The molecule has 1 N–H and O–H groups in total. The number of benzene rings is 1. The molecule has 0 radical (unpaired) electrons. The maximum absolute atomic E-state index is 9.47. The lowest BCUT2D eigenvalue weighted by atomic mass is 10.1. The van der Waals surface area contributed by atoms with E-state index in [0.29, 0.717) is 11.7 Å². The Morgan fingerprint density at radius 2 is 2.11 bits per heavy atom. The van der Waals surface area contributed by atoms with E-state index in [9.17, 15) is 5.11 Å². The van der Waals surface area contributed by atoms with Crippen molar-refractivity contribution in [1.29, 1.82) is 5.26 Å². The van der Waals surface area contributed by atoms with Crippen LogP contribution in [0.1, 0.15) is 17.9 Å². The summed E-state index contributed by atoms with van der Waals surface area (Å²) in [6.45, 7) is 2.00. The van der Waals surface area contributed by atoms with Gasteiger partial charge in [-0.05, 0) is 6.92 Å². The zero-order valence-electron chi connectivity index (χ0n) is 10.00. The van der Waals surface area contributed by atoms with Crippen molar-refractivity contribution < 1.29 is 9.63 Å². The van der Waals surface area contributed by atoms with Crippen LogP contribution in [-0.4, -0.2) is 21.4 Å². The van der Waals surface area contributed by atoms with Crippen LogP contribution in [0.3, 0.4) is 0 Å². The Balaban J connectivity index is 2.11. The van der Waals surface area contributed by atoms with Gasteiger partial charge in [-0.2, -0.15) is 10.2 Å². The molecule has 1 atom stereocenters. The van der Waals surface area contributed by atoms with E-state index in [-0.39, 0.29) is 12.8 Å². The first kappa shape index (κ1) is 12.3. The van der Waals surface area contributed by atoms with E-state index >= 15 is 0 Å². The van der Waals surface area contributed by atoms with Crippen molar-refractivity contribution in [3.05, 3.63) is 35.7 Å². The lowest BCUT2D eigenvalue weighted by Crippen LogP contribution is -2.09. The summed E-state index contributed by atoms with van der Waals surface area (Å²) in [4.78, 5) is 4.19. The number of nitrogens with zero attached hydrogens (tertiary/aromatic N) is 3. The minimum Gasteiger partial charge on any atom is -0.392 e. The van der Waals surface area contributed by atoms with E-state index in [1.165, 1.54) is 0 Å². The topological polar surface area (TPSA) is 82.9 Å². The molecule has 92 valence electrons. The molecule has 0 spiro atoms. The molecular formula is C13H13N3O2. The Morgan fingerprint density at radius 3 is 2.78 bits per heavy atom. The van der Waals surface area contributed by atoms with Crippen molar-refractivity contribution in [1.82, 2.24) is 10.1 Å². The van der Waals surface area contributed by atoms with Crippen LogP contribution in [0.2, 0.25) is 0 Å². The normalized spacial score (nSPS) is 12.1. The first-order valence-corrected chi connectivity index (χ1v) is 5.63. The van der Waals surface area contributed by atoms with E-state index in [4.69, 9.17) is 9.78 Å². The SMILES string of the molecule is Cc1ccc(-c2noc(CC(O)CC#N)n2)cc1. The highest BCUT2D eigenvalue weighted by molar-refractivity contribution is 5.54. The summed E-state index contributed by atoms with van der Waals surface area (Å²) in [6.07, 6.45) is -0.504. The summed E-state index contributed by atoms with van der Waals surface area (Å²) in [6, 6.07) is 9.65. The van der Waals surface area contributed by atoms with Crippen molar-refractivity contribution in [3.8, 4) is 17.5 Å². The number of hydrogen-bond acceptors (Lipinski definition) is 5. The number of aliphatic hydroxyl groups excluding tert-OH is 1. The number of aromatic nitrogens is 2. The fourth-order valence-electron chi connectivity index (χ4n) is 1.54. The molecule has 0 fully saturated rings. The van der Waals surface area contributed by atoms with Crippen LogP contribution in [0.15, 0.2) is 28.8 Å². The molecule has 0 aliphatic carbocycles. The maximum atomic E-state index is 9.47. The number of hydrogen-bond donors (Lipinski definition) is 1. The third kappa shape index (κ3) is 2.93. The van der Waals surface area contributed by atoms with Gasteiger partial charge in [0.05, 0.1) is 25.0 Å². The molecule has 5 nitrogen and oxygen atoms in total. The second kappa shape index (κ2) is 5.43. The van der Waals surface area contributed by atoms with E-state index < -0.39 is 6.10 Å². The van der Waals surface area contributed by atoms with Gasteiger partial charge in [-0.15, -0.1) is 0 Å². The molecule has 1 heterocycles. The summed E-state index contributed by atoms with van der Waals surface area (Å²) >= 11 is 0. The van der Waals surface area contributed by atoms with Crippen LogP contribution in [0.5, 0.6) is 0 Å². The zero-order valence-corrected chi connectivity index (χ0v) is 10.00. The van der Waals surface area contributed by atoms with Gasteiger partial charge in [0.2, 0.25) is 11.7 Å². The summed E-state index contributed by atoms with van der Waals surface area (Å²) in [5, 5.41) is 21.8. The monoisotopic (exact) mass is 243 g/mol. The van der Waals surface area contributed by atoms with Crippen LogP contribution >= 0.6 is 0 Å². The summed E-state index contributed by atoms with van der Waals surface area (Å²) < 4.78 is 5.04. The molecule has 0 saturated heterocycles.